The van der Waals surface area contributed by atoms with Gasteiger partial charge in [-0.1, -0.05) is 12.1 Å². The minimum atomic E-state index is 0.0383. The molecule has 0 saturated carbocycles. The number of benzene rings is 1. The molecule has 1 aliphatic heterocycles. The van der Waals surface area contributed by atoms with Crippen LogP contribution in [0, 0.1) is 19.8 Å². The summed E-state index contributed by atoms with van der Waals surface area (Å²) in [6.07, 6.45) is 5.22. The molecule has 3 heterocycles. The number of H-pyrrole nitrogens is 1. The summed E-state index contributed by atoms with van der Waals surface area (Å²) >= 11 is 0. The zero-order valence-corrected chi connectivity index (χ0v) is 15.1. The molecule has 4 rings (SSSR count). The van der Waals surface area contributed by atoms with Crippen molar-refractivity contribution in [2.24, 2.45) is 5.92 Å². The molecule has 3 aromatic rings. The first-order valence-electron chi connectivity index (χ1n) is 9.03. The maximum absolute atomic E-state index is 12.6. The van der Waals surface area contributed by atoms with Gasteiger partial charge in [0.2, 0.25) is 5.91 Å². The minimum absolute atomic E-state index is 0.0383. The van der Waals surface area contributed by atoms with E-state index >= 15 is 0 Å². The van der Waals surface area contributed by atoms with Gasteiger partial charge in [0.25, 0.3) is 0 Å². The predicted octanol–water partition coefficient (Wildman–Crippen LogP) is 3.43. The second kappa shape index (κ2) is 6.78. The molecule has 0 bridgehead atoms. The van der Waals surface area contributed by atoms with Crippen LogP contribution in [-0.2, 0) is 4.79 Å². The van der Waals surface area contributed by atoms with Crippen molar-refractivity contribution in [2.45, 2.75) is 26.7 Å². The third kappa shape index (κ3) is 3.14. The van der Waals surface area contributed by atoms with Gasteiger partial charge >= 0.3 is 0 Å². The number of hydrogen-bond acceptors (Lipinski definition) is 4. The number of carbonyl (C=O) groups is 1. The van der Waals surface area contributed by atoms with Gasteiger partial charge in [-0.2, -0.15) is 0 Å². The van der Waals surface area contributed by atoms with Crippen LogP contribution in [0.2, 0.25) is 0 Å². The third-order valence-corrected chi connectivity index (χ3v) is 5.10. The van der Waals surface area contributed by atoms with Gasteiger partial charge in [-0.15, -0.1) is 0 Å². The standard InChI is InChI=1S/C20H23N5O/c1-13-4-3-5-16(10-13)24-20(26)15-6-8-25(9-7-15)19-17-14(2)11-21-18(17)22-12-23-19/h3-5,10-12,15H,6-9H2,1-2H3,(H,24,26)(H,21,22,23). The number of aromatic amines is 1. The Morgan fingerprint density at radius 1 is 1.23 bits per heavy atom. The number of aryl methyl sites for hydroxylation is 2. The first kappa shape index (κ1) is 16.6. The highest BCUT2D eigenvalue weighted by atomic mass is 16.1. The summed E-state index contributed by atoms with van der Waals surface area (Å²) in [7, 11) is 0. The highest BCUT2D eigenvalue weighted by Gasteiger charge is 2.27. The summed E-state index contributed by atoms with van der Waals surface area (Å²) in [5, 5.41) is 4.13. The Bertz CT molecular complexity index is 940. The first-order chi connectivity index (χ1) is 12.6. The van der Waals surface area contributed by atoms with Crippen LogP contribution in [0.25, 0.3) is 11.0 Å². The third-order valence-electron chi connectivity index (χ3n) is 5.10. The Balaban J connectivity index is 1.44. The summed E-state index contributed by atoms with van der Waals surface area (Å²) in [6.45, 7) is 5.73. The van der Waals surface area contributed by atoms with Crippen LogP contribution in [0.4, 0.5) is 11.5 Å². The van der Waals surface area contributed by atoms with Crippen molar-refractivity contribution in [1.29, 1.82) is 0 Å². The quantitative estimate of drug-likeness (QED) is 0.760. The van der Waals surface area contributed by atoms with Crippen molar-refractivity contribution in [3.63, 3.8) is 0 Å². The molecule has 26 heavy (non-hydrogen) atoms. The summed E-state index contributed by atoms with van der Waals surface area (Å²) in [4.78, 5) is 26.8. The maximum Gasteiger partial charge on any atom is 0.227 e. The number of carbonyl (C=O) groups excluding carboxylic acids is 1. The van der Waals surface area contributed by atoms with Crippen molar-refractivity contribution in [2.75, 3.05) is 23.3 Å². The Morgan fingerprint density at radius 3 is 2.81 bits per heavy atom. The number of piperidine rings is 1. The molecule has 0 radical (unpaired) electrons. The predicted molar refractivity (Wildman–Crippen MR) is 103 cm³/mol. The van der Waals surface area contributed by atoms with E-state index in [0.29, 0.717) is 0 Å². The molecular formula is C20H23N5O. The molecule has 6 heteroatoms. The van der Waals surface area contributed by atoms with E-state index in [1.807, 2.05) is 37.4 Å². The number of nitrogens with one attached hydrogen (secondary N) is 2. The second-order valence-electron chi connectivity index (χ2n) is 7.01. The summed E-state index contributed by atoms with van der Waals surface area (Å²) in [5.74, 6) is 1.11. The molecule has 0 atom stereocenters. The van der Waals surface area contributed by atoms with E-state index in [1.54, 1.807) is 6.33 Å². The van der Waals surface area contributed by atoms with Gasteiger partial charge in [0.15, 0.2) is 0 Å². The SMILES string of the molecule is Cc1cccc(NC(=O)C2CCN(c3ncnc4[nH]cc(C)c34)CC2)c1. The number of fused-ring (bicyclic) bond motifs is 1. The maximum atomic E-state index is 12.6. The molecule has 1 aliphatic rings. The van der Waals surface area contributed by atoms with Gasteiger partial charge < -0.3 is 15.2 Å². The second-order valence-corrected chi connectivity index (χ2v) is 7.01. The smallest absolute Gasteiger partial charge is 0.227 e. The summed E-state index contributed by atoms with van der Waals surface area (Å²) < 4.78 is 0. The van der Waals surface area contributed by atoms with Crippen molar-refractivity contribution < 1.29 is 4.79 Å². The van der Waals surface area contributed by atoms with E-state index in [2.05, 4.69) is 32.1 Å². The number of anilines is 2. The molecule has 2 N–H and O–H groups in total. The molecule has 0 aliphatic carbocycles. The number of aromatic nitrogens is 3. The van der Waals surface area contributed by atoms with Crippen molar-refractivity contribution in [3.8, 4) is 0 Å². The highest BCUT2D eigenvalue weighted by molar-refractivity contribution is 5.93. The van der Waals surface area contributed by atoms with Gasteiger partial charge in [-0.05, 0) is 49.9 Å². The van der Waals surface area contributed by atoms with Crippen LogP contribution in [0.15, 0.2) is 36.8 Å². The van der Waals surface area contributed by atoms with Gasteiger partial charge in [-0.3, -0.25) is 4.79 Å². The van der Waals surface area contributed by atoms with Crippen molar-refractivity contribution >= 4 is 28.4 Å². The minimum Gasteiger partial charge on any atom is -0.356 e. The molecule has 1 saturated heterocycles. The van der Waals surface area contributed by atoms with E-state index in [1.165, 1.54) is 0 Å². The lowest BCUT2D eigenvalue weighted by atomic mass is 9.95. The fourth-order valence-corrected chi connectivity index (χ4v) is 3.66. The fraction of sp³-hybridized carbons (Fsp3) is 0.350. The first-order valence-corrected chi connectivity index (χ1v) is 9.03. The molecule has 6 nitrogen and oxygen atoms in total. The molecule has 0 unspecified atom stereocenters. The molecular weight excluding hydrogens is 326 g/mol. The van der Waals surface area contributed by atoms with Gasteiger partial charge in [0, 0.05) is 30.9 Å². The Morgan fingerprint density at radius 2 is 2.04 bits per heavy atom. The normalized spacial score (nSPS) is 15.4. The Labute approximate surface area is 152 Å². The number of amides is 1. The molecule has 1 fully saturated rings. The lowest BCUT2D eigenvalue weighted by Gasteiger charge is -2.32. The Kier molecular flexibility index (Phi) is 4.32. The molecule has 134 valence electrons. The van der Waals surface area contributed by atoms with Crippen LogP contribution in [0.3, 0.4) is 0 Å². The Hall–Kier alpha value is -2.89. The van der Waals surface area contributed by atoms with E-state index in [9.17, 15) is 4.79 Å². The fourth-order valence-electron chi connectivity index (χ4n) is 3.66. The topological polar surface area (TPSA) is 73.9 Å². The average molecular weight is 349 g/mol. The van der Waals surface area contributed by atoms with Crippen LogP contribution < -0.4 is 10.2 Å². The van der Waals surface area contributed by atoms with Crippen LogP contribution in [-0.4, -0.2) is 33.9 Å². The largest absolute Gasteiger partial charge is 0.356 e. The van der Waals surface area contributed by atoms with E-state index in [0.717, 1.165) is 59.6 Å². The van der Waals surface area contributed by atoms with Crippen LogP contribution >= 0.6 is 0 Å². The van der Waals surface area contributed by atoms with E-state index in [-0.39, 0.29) is 11.8 Å². The lowest BCUT2D eigenvalue weighted by Crippen LogP contribution is -2.38. The van der Waals surface area contributed by atoms with Crippen LogP contribution in [0.1, 0.15) is 24.0 Å². The van der Waals surface area contributed by atoms with Crippen LogP contribution in [0.5, 0.6) is 0 Å². The monoisotopic (exact) mass is 349 g/mol. The number of nitrogens with zero attached hydrogens (tertiary/aromatic N) is 3. The summed E-state index contributed by atoms with van der Waals surface area (Å²) in [5.41, 5.74) is 4.03. The molecule has 0 spiro atoms. The van der Waals surface area contributed by atoms with E-state index < -0.39 is 0 Å². The van der Waals surface area contributed by atoms with Crippen molar-refractivity contribution in [1.82, 2.24) is 15.0 Å². The molecule has 1 amide bonds. The molecule has 2 aromatic heterocycles. The van der Waals surface area contributed by atoms with Gasteiger partial charge in [0.05, 0.1) is 5.39 Å². The zero-order chi connectivity index (χ0) is 18.1. The number of hydrogen-bond donors (Lipinski definition) is 2. The highest BCUT2D eigenvalue weighted by Crippen LogP contribution is 2.29. The van der Waals surface area contributed by atoms with Crippen molar-refractivity contribution in [3.05, 3.63) is 47.9 Å². The molecule has 1 aromatic carbocycles. The zero-order valence-electron chi connectivity index (χ0n) is 15.1. The van der Waals surface area contributed by atoms with Gasteiger partial charge in [0.1, 0.15) is 17.8 Å². The van der Waals surface area contributed by atoms with Gasteiger partial charge in [-0.25, -0.2) is 9.97 Å². The average Bonchev–Trinajstić information content (AvgIpc) is 3.03. The summed E-state index contributed by atoms with van der Waals surface area (Å²) in [6, 6.07) is 7.93. The lowest BCUT2D eigenvalue weighted by molar-refractivity contribution is -0.120. The van der Waals surface area contributed by atoms with E-state index in [4.69, 9.17) is 0 Å². The number of rotatable bonds is 3.